The van der Waals surface area contributed by atoms with Gasteiger partial charge in [-0.05, 0) is 34.7 Å². The Hall–Kier alpha value is -1.43. The van der Waals surface area contributed by atoms with Gasteiger partial charge in [-0.15, -0.1) is 0 Å². The molecule has 0 bridgehead atoms. The molecule has 0 aromatic carbocycles. The van der Waals surface area contributed by atoms with Crippen LogP contribution in [0.1, 0.15) is 27.7 Å². The van der Waals surface area contributed by atoms with Crippen LogP contribution in [-0.4, -0.2) is 55.8 Å². The number of carbonyl (C=O) groups is 3. The van der Waals surface area contributed by atoms with Gasteiger partial charge >= 0.3 is 5.97 Å². The maximum absolute atomic E-state index is 12.1. The highest BCUT2D eigenvalue weighted by Crippen LogP contribution is 2.19. The Bertz CT molecular complexity index is 340. The van der Waals surface area contributed by atoms with Gasteiger partial charge in [-0.25, -0.2) is 0 Å². The van der Waals surface area contributed by atoms with E-state index in [1.807, 2.05) is 6.92 Å². The van der Waals surface area contributed by atoms with E-state index in [4.69, 9.17) is 4.74 Å². The molecule has 6 heteroatoms. The molecule has 6 nitrogen and oxygen atoms in total. The predicted octanol–water partition coefficient (Wildman–Crippen LogP) is 0.213. The smallest absolute Gasteiger partial charge is 0.319 e. The van der Waals surface area contributed by atoms with Crippen LogP contribution in [0, 0.1) is 5.41 Å². The van der Waals surface area contributed by atoms with Gasteiger partial charge in [0, 0.05) is 6.54 Å². The molecule has 0 saturated heterocycles. The molecule has 0 heterocycles. The van der Waals surface area contributed by atoms with Gasteiger partial charge in [0.1, 0.15) is 5.41 Å². The number of hydrogen-bond donors (Lipinski definition) is 1. The summed E-state index contributed by atoms with van der Waals surface area (Å²) in [6, 6.07) is 0. The highest BCUT2D eigenvalue weighted by molar-refractivity contribution is 6.04. The summed E-state index contributed by atoms with van der Waals surface area (Å²) in [5.41, 5.74) is -1.19. The zero-order valence-corrected chi connectivity index (χ0v) is 12.4. The first-order chi connectivity index (χ1) is 8.75. The van der Waals surface area contributed by atoms with Crippen molar-refractivity contribution in [3.63, 3.8) is 0 Å². The predicted molar refractivity (Wildman–Crippen MR) is 71.6 cm³/mol. The molecule has 19 heavy (non-hydrogen) atoms. The van der Waals surface area contributed by atoms with E-state index in [0.29, 0.717) is 6.54 Å². The number of hydrogen-bond acceptors (Lipinski definition) is 5. The van der Waals surface area contributed by atoms with E-state index in [-0.39, 0.29) is 31.4 Å². The van der Waals surface area contributed by atoms with Crippen LogP contribution in [0.3, 0.4) is 0 Å². The molecule has 0 unspecified atom stereocenters. The van der Waals surface area contributed by atoms with Crippen LogP contribution in [0.2, 0.25) is 0 Å². The largest absolute Gasteiger partial charge is 0.465 e. The lowest BCUT2D eigenvalue weighted by atomic mass is 9.88. The summed E-state index contributed by atoms with van der Waals surface area (Å²) in [5.74, 6) is -0.948. The zero-order valence-electron chi connectivity index (χ0n) is 12.4. The van der Waals surface area contributed by atoms with Crippen molar-refractivity contribution in [1.29, 1.82) is 0 Å². The van der Waals surface area contributed by atoms with Crippen molar-refractivity contribution < 1.29 is 19.1 Å². The van der Waals surface area contributed by atoms with Crippen LogP contribution in [-0.2, 0) is 19.1 Å². The van der Waals surface area contributed by atoms with E-state index in [9.17, 15) is 14.4 Å². The minimum atomic E-state index is -1.19. The van der Waals surface area contributed by atoms with Crippen molar-refractivity contribution >= 4 is 17.7 Å². The maximum atomic E-state index is 12.1. The Balaban J connectivity index is 4.43. The molecule has 0 aliphatic rings. The molecular formula is C13H24N2O4. The third-order valence-electron chi connectivity index (χ3n) is 2.68. The molecule has 0 atom stereocenters. The van der Waals surface area contributed by atoms with Gasteiger partial charge in [0.2, 0.25) is 5.91 Å². The Morgan fingerprint density at radius 3 is 2.21 bits per heavy atom. The lowest BCUT2D eigenvalue weighted by Crippen LogP contribution is -2.44. The van der Waals surface area contributed by atoms with Crippen LogP contribution in [0.15, 0.2) is 0 Å². The molecule has 0 aliphatic heterocycles. The Morgan fingerprint density at radius 1 is 1.16 bits per heavy atom. The fourth-order valence-corrected chi connectivity index (χ4v) is 1.42. The fraction of sp³-hybridized carbons (Fsp3) is 0.769. The van der Waals surface area contributed by atoms with Crippen molar-refractivity contribution in [2.75, 3.05) is 33.3 Å². The number of esters is 1. The third-order valence-corrected chi connectivity index (χ3v) is 2.68. The van der Waals surface area contributed by atoms with Crippen molar-refractivity contribution in [1.82, 2.24) is 10.2 Å². The average molecular weight is 272 g/mol. The normalized spacial score (nSPS) is 11.3. The number of rotatable bonds is 8. The monoisotopic (exact) mass is 272 g/mol. The minimum absolute atomic E-state index is 0.0307. The van der Waals surface area contributed by atoms with Crippen molar-refractivity contribution in [3.05, 3.63) is 0 Å². The Kier molecular flexibility index (Phi) is 7.29. The number of nitrogens with one attached hydrogen (secondary N) is 1. The second-order valence-electron chi connectivity index (χ2n) is 4.89. The van der Waals surface area contributed by atoms with E-state index in [0.717, 1.165) is 0 Å². The van der Waals surface area contributed by atoms with Gasteiger partial charge in [0.05, 0.1) is 19.7 Å². The van der Waals surface area contributed by atoms with E-state index in [1.165, 1.54) is 13.8 Å². The lowest BCUT2D eigenvalue weighted by Gasteiger charge is -2.24. The summed E-state index contributed by atoms with van der Waals surface area (Å²) in [4.78, 5) is 36.7. The van der Waals surface area contributed by atoms with Gasteiger partial charge in [-0.3, -0.25) is 19.3 Å². The Labute approximate surface area is 114 Å². The second kappa shape index (κ2) is 7.89. The number of Topliss-reactive ketones (excluding diaryl/α,β-unsaturated/α-hetero) is 1. The van der Waals surface area contributed by atoms with E-state index in [1.54, 1.807) is 18.9 Å². The van der Waals surface area contributed by atoms with Crippen LogP contribution in [0.5, 0.6) is 0 Å². The lowest BCUT2D eigenvalue weighted by molar-refractivity contribution is -0.158. The molecule has 0 aromatic rings. The molecule has 1 N–H and O–H groups in total. The van der Waals surface area contributed by atoms with Crippen molar-refractivity contribution in [2.24, 2.45) is 5.41 Å². The first-order valence-electron chi connectivity index (χ1n) is 6.41. The van der Waals surface area contributed by atoms with Gasteiger partial charge < -0.3 is 10.1 Å². The molecule has 110 valence electrons. The molecule has 0 aromatic heterocycles. The highest BCUT2D eigenvalue weighted by Gasteiger charge is 2.37. The van der Waals surface area contributed by atoms with E-state index >= 15 is 0 Å². The van der Waals surface area contributed by atoms with E-state index < -0.39 is 11.4 Å². The molecule has 0 aliphatic carbocycles. The maximum Gasteiger partial charge on any atom is 0.319 e. The van der Waals surface area contributed by atoms with Crippen LogP contribution in [0.25, 0.3) is 0 Å². The average Bonchev–Trinajstić information content (AvgIpc) is 2.28. The summed E-state index contributed by atoms with van der Waals surface area (Å²) in [6.07, 6.45) is 0. The SMILES string of the molecule is CCNC(=O)CN(C)CC(=O)C(C)(C)C(=O)OCC. The third kappa shape index (κ3) is 5.83. The molecule has 0 fully saturated rings. The van der Waals surface area contributed by atoms with Crippen LogP contribution in [0.4, 0.5) is 0 Å². The van der Waals surface area contributed by atoms with Gasteiger partial charge in [-0.2, -0.15) is 0 Å². The van der Waals surface area contributed by atoms with Crippen molar-refractivity contribution in [3.8, 4) is 0 Å². The summed E-state index contributed by atoms with van der Waals surface area (Å²) < 4.78 is 4.87. The van der Waals surface area contributed by atoms with Crippen LogP contribution < -0.4 is 5.32 Å². The molecule has 0 spiro atoms. The molecular weight excluding hydrogens is 248 g/mol. The summed E-state index contributed by atoms with van der Waals surface area (Å²) >= 11 is 0. The number of amides is 1. The van der Waals surface area contributed by atoms with Crippen molar-refractivity contribution in [2.45, 2.75) is 27.7 Å². The first-order valence-corrected chi connectivity index (χ1v) is 6.41. The zero-order chi connectivity index (χ0) is 15.1. The number of likely N-dealkylation sites (N-methyl/N-ethyl adjacent to an activating group) is 2. The van der Waals surface area contributed by atoms with Crippen LogP contribution >= 0.6 is 0 Å². The van der Waals surface area contributed by atoms with Gasteiger partial charge in [0.25, 0.3) is 0 Å². The molecule has 0 radical (unpaired) electrons. The summed E-state index contributed by atoms with van der Waals surface area (Å²) in [6.45, 7) is 7.54. The molecule has 0 rings (SSSR count). The summed E-state index contributed by atoms with van der Waals surface area (Å²) in [7, 11) is 1.66. The number of nitrogens with zero attached hydrogens (tertiary/aromatic N) is 1. The molecule has 1 amide bonds. The number of carbonyl (C=O) groups excluding carboxylic acids is 3. The van der Waals surface area contributed by atoms with E-state index in [2.05, 4.69) is 5.32 Å². The second-order valence-corrected chi connectivity index (χ2v) is 4.89. The van der Waals surface area contributed by atoms with Gasteiger partial charge in [-0.1, -0.05) is 0 Å². The highest BCUT2D eigenvalue weighted by atomic mass is 16.5. The fourth-order valence-electron chi connectivity index (χ4n) is 1.42. The first kappa shape index (κ1) is 17.6. The minimum Gasteiger partial charge on any atom is -0.465 e. The summed E-state index contributed by atoms with van der Waals surface area (Å²) in [5, 5.41) is 2.65. The number of ether oxygens (including phenoxy) is 1. The number of ketones is 1. The Morgan fingerprint density at radius 2 is 1.74 bits per heavy atom. The van der Waals surface area contributed by atoms with Gasteiger partial charge in [0.15, 0.2) is 5.78 Å². The quantitative estimate of drug-likeness (QED) is 0.505. The molecule has 0 saturated carbocycles. The topological polar surface area (TPSA) is 75.7 Å². The standard InChI is InChI=1S/C13H24N2O4/c1-6-14-11(17)9-15(5)8-10(16)13(3,4)12(18)19-7-2/h6-9H2,1-5H3,(H,14,17).